The Balaban J connectivity index is -0.000000162. The van der Waals surface area contributed by atoms with Crippen LogP contribution in [0.25, 0.3) is 0 Å². The van der Waals surface area contributed by atoms with Crippen molar-refractivity contribution in [2.75, 3.05) is 0 Å². The molecule has 0 radical (unpaired) electrons. The molecule has 0 heterocycles. The number of hydrogen-bond donors (Lipinski definition) is 2. The Morgan fingerprint density at radius 2 is 0.812 bits per heavy atom. The molecule has 0 fully saturated rings. The summed E-state index contributed by atoms with van der Waals surface area (Å²) in [5, 5.41) is 15.8. The Morgan fingerprint density at radius 1 is 0.750 bits per heavy atom. The minimum absolute atomic E-state index is 0.176. The standard InChI is InChI=1S/2C4H6O2.C4H8/c2*1-3(2)4(5)6;1-4(2)3/h2*1H2,2H3,(H,5,6);1H2,2-3H3. The third-order valence-corrected chi connectivity index (χ3v) is 0.730. The van der Waals surface area contributed by atoms with E-state index in [-0.39, 0.29) is 11.1 Å². The summed E-state index contributed by atoms with van der Waals surface area (Å²) < 4.78 is 0. The molecule has 2 N–H and O–H groups in total. The summed E-state index contributed by atoms with van der Waals surface area (Å²) in [7, 11) is 0. The van der Waals surface area contributed by atoms with Gasteiger partial charge in [-0.3, -0.25) is 0 Å². The maximum atomic E-state index is 9.60. The van der Waals surface area contributed by atoms with E-state index in [4.69, 9.17) is 10.2 Å². The summed E-state index contributed by atoms with van der Waals surface area (Å²) in [6.45, 7) is 16.7. The fraction of sp³-hybridized carbons (Fsp3) is 0.333. The number of carboxylic acids is 2. The van der Waals surface area contributed by atoms with Gasteiger partial charge in [-0.05, 0) is 27.7 Å². The van der Waals surface area contributed by atoms with Crippen molar-refractivity contribution in [3.05, 3.63) is 36.5 Å². The van der Waals surface area contributed by atoms with Crippen molar-refractivity contribution >= 4 is 11.9 Å². The fourth-order valence-electron chi connectivity index (χ4n) is 0. The Hall–Kier alpha value is -1.84. The number of rotatable bonds is 2. The van der Waals surface area contributed by atoms with Crippen molar-refractivity contribution in [2.24, 2.45) is 0 Å². The van der Waals surface area contributed by atoms with Crippen LogP contribution in [0.15, 0.2) is 36.5 Å². The fourth-order valence-corrected chi connectivity index (χ4v) is 0. The van der Waals surface area contributed by atoms with Crippen LogP contribution < -0.4 is 0 Å². The van der Waals surface area contributed by atoms with Crippen molar-refractivity contribution in [3.63, 3.8) is 0 Å². The van der Waals surface area contributed by atoms with E-state index >= 15 is 0 Å². The summed E-state index contributed by atoms with van der Waals surface area (Å²) in [5.74, 6) is -1.87. The Morgan fingerprint density at radius 3 is 0.812 bits per heavy atom. The van der Waals surface area contributed by atoms with Crippen molar-refractivity contribution in [1.29, 1.82) is 0 Å². The highest BCUT2D eigenvalue weighted by Gasteiger charge is 1.90. The molecule has 0 aromatic rings. The van der Waals surface area contributed by atoms with Gasteiger partial charge in [0.05, 0.1) is 0 Å². The molecule has 4 nitrogen and oxygen atoms in total. The van der Waals surface area contributed by atoms with Gasteiger partial charge in [-0.2, -0.15) is 0 Å². The highest BCUT2D eigenvalue weighted by Crippen LogP contribution is 1.81. The van der Waals surface area contributed by atoms with E-state index in [1.54, 1.807) is 0 Å². The van der Waals surface area contributed by atoms with Crippen LogP contribution >= 0.6 is 0 Å². The highest BCUT2D eigenvalue weighted by atomic mass is 16.4. The minimum atomic E-state index is -0.935. The first kappa shape index (κ1) is 19.7. The van der Waals surface area contributed by atoms with Crippen molar-refractivity contribution in [1.82, 2.24) is 0 Å². The van der Waals surface area contributed by atoms with E-state index in [0.717, 1.165) is 0 Å². The minimum Gasteiger partial charge on any atom is -0.478 e. The molecule has 0 aliphatic rings. The van der Waals surface area contributed by atoms with E-state index < -0.39 is 11.9 Å². The molecule has 0 rings (SSSR count). The molecule has 92 valence electrons. The lowest BCUT2D eigenvalue weighted by Crippen LogP contribution is -1.92. The van der Waals surface area contributed by atoms with E-state index in [1.165, 1.54) is 19.4 Å². The molecule has 0 bridgehead atoms. The van der Waals surface area contributed by atoms with Crippen LogP contribution in [0.5, 0.6) is 0 Å². The second-order valence-electron chi connectivity index (χ2n) is 3.38. The van der Waals surface area contributed by atoms with Gasteiger partial charge in [-0.15, -0.1) is 6.58 Å². The number of carboxylic acid groups (broad SMARTS) is 2. The summed E-state index contributed by atoms with van der Waals surface area (Å²) in [6, 6.07) is 0. The second-order valence-corrected chi connectivity index (χ2v) is 3.38. The van der Waals surface area contributed by atoms with E-state index in [1.807, 2.05) is 13.8 Å². The lowest BCUT2D eigenvalue weighted by atomic mass is 10.4. The molecule has 0 saturated carbocycles. The zero-order valence-corrected chi connectivity index (χ0v) is 10.3. The zero-order chi connectivity index (χ0) is 13.9. The van der Waals surface area contributed by atoms with Gasteiger partial charge in [-0.1, -0.05) is 18.7 Å². The molecule has 0 aromatic carbocycles. The first-order chi connectivity index (χ1) is 7.02. The lowest BCUT2D eigenvalue weighted by molar-refractivity contribution is -0.133. The molecule has 4 heteroatoms. The van der Waals surface area contributed by atoms with Gasteiger partial charge in [0.1, 0.15) is 0 Å². The first-order valence-corrected chi connectivity index (χ1v) is 4.42. The zero-order valence-electron chi connectivity index (χ0n) is 10.3. The maximum Gasteiger partial charge on any atom is 0.330 e. The molecule has 0 saturated heterocycles. The average Bonchev–Trinajstić information content (AvgIpc) is 2.03. The van der Waals surface area contributed by atoms with E-state index in [0.29, 0.717) is 0 Å². The van der Waals surface area contributed by atoms with Gasteiger partial charge in [0.25, 0.3) is 0 Å². The summed E-state index contributed by atoms with van der Waals surface area (Å²) in [6.07, 6.45) is 0. The predicted molar refractivity (Wildman–Crippen MR) is 65.4 cm³/mol. The molecule has 0 amide bonds. The van der Waals surface area contributed by atoms with Crippen molar-refractivity contribution in [3.8, 4) is 0 Å². The van der Waals surface area contributed by atoms with Gasteiger partial charge >= 0.3 is 11.9 Å². The molecule has 0 unspecified atom stereocenters. The Labute approximate surface area is 96.6 Å². The van der Waals surface area contributed by atoms with E-state index in [2.05, 4.69) is 19.7 Å². The molecule has 16 heavy (non-hydrogen) atoms. The van der Waals surface area contributed by atoms with Crippen LogP contribution in [0.4, 0.5) is 0 Å². The number of allylic oxidation sites excluding steroid dienone is 1. The summed E-state index contributed by atoms with van der Waals surface area (Å²) in [5.41, 5.74) is 1.52. The number of carbonyl (C=O) groups is 2. The normalized spacial score (nSPS) is 7.25. The van der Waals surface area contributed by atoms with Crippen molar-refractivity contribution < 1.29 is 19.8 Å². The average molecular weight is 228 g/mol. The molecule has 0 aliphatic carbocycles. The molecule has 0 spiro atoms. The topological polar surface area (TPSA) is 74.6 Å². The van der Waals surface area contributed by atoms with Crippen LogP contribution in [0.1, 0.15) is 27.7 Å². The monoisotopic (exact) mass is 228 g/mol. The molecular weight excluding hydrogens is 208 g/mol. The van der Waals surface area contributed by atoms with Crippen molar-refractivity contribution in [2.45, 2.75) is 27.7 Å². The number of aliphatic carboxylic acids is 2. The van der Waals surface area contributed by atoms with Gasteiger partial charge in [-0.25, -0.2) is 9.59 Å². The van der Waals surface area contributed by atoms with Crippen LogP contribution in [0, 0.1) is 0 Å². The summed E-state index contributed by atoms with van der Waals surface area (Å²) >= 11 is 0. The molecule has 0 atom stereocenters. The first-order valence-electron chi connectivity index (χ1n) is 4.42. The second kappa shape index (κ2) is 11.2. The predicted octanol–water partition coefficient (Wildman–Crippen LogP) is 2.88. The molecular formula is C12H20O4. The van der Waals surface area contributed by atoms with Crippen LogP contribution in [0.2, 0.25) is 0 Å². The lowest BCUT2D eigenvalue weighted by Gasteiger charge is -1.79. The quantitative estimate of drug-likeness (QED) is 0.563. The Bertz CT molecular complexity index is 235. The highest BCUT2D eigenvalue weighted by molar-refractivity contribution is 5.85. The molecule has 0 aliphatic heterocycles. The smallest absolute Gasteiger partial charge is 0.330 e. The van der Waals surface area contributed by atoms with Crippen LogP contribution in [-0.4, -0.2) is 22.2 Å². The van der Waals surface area contributed by atoms with Gasteiger partial charge < -0.3 is 10.2 Å². The Kier molecular flexibility index (Phi) is 13.8. The van der Waals surface area contributed by atoms with Crippen LogP contribution in [-0.2, 0) is 9.59 Å². The molecule has 0 aromatic heterocycles. The summed E-state index contributed by atoms with van der Waals surface area (Å²) in [4.78, 5) is 19.2. The third-order valence-electron chi connectivity index (χ3n) is 0.730. The van der Waals surface area contributed by atoms with Gasteiger partial charge in [0.2, 0.25) is 0 Å². The van der Waals surface area contributed by atoms with Gasteiger partial charge in [0, 0.05) is 11.1 Å². The SMILES string of the molecule is C=C(C)C.C=C(C)C(=O)O.C=C(C)C(=O)O. The maximum absolute atomic E-state index is 9.60. The third kappa shape index (κ3) is 39.9. The largest absolute Gasteiger partial charge is 0.478 e. The number of hydrogen-bond acceptors (Lipinski definition) is 2. The van der Waals surface area contributed by atoms with Gasteiger partial charge in [0.15, 0.2) is 0 Å². The van der Waals surface area contributed by atoms with E-state index in [9.17, 15) is 9.59 Å². The van der Waals surface area contributed by atoms with Crippen LogP contribution in [0.3, 0.4) is 0 Å².